The van der Waals surface area contributed by atoms with Gasteiger partial charge in [0.05, 0.1) is 24.5 Å². The number of benzene rings is 1. The largest absolute Gasteiger partial charge is 0.322 e. The highest BCUT2D eigenvalue weighted by atomic mass is 16.2. The standard InChI is InChI=1S/C15H20N4O/c1-11(2)14(16)15(20)18-13-8-17-19(10-13)9-12-6-4-3-5-7-12/h3-8,10-11,14H,9,16H2,1-2H3,(H,18,20)/t14-/m1/s1. The fraction of sp³-hybridized carbons (Fsp3) is 0.333. The Hall–Kier alpha value is -2.14. The van der Waals surface area contributed by atoms with E-state index in [1.165, 1.54) is 0 Å². The van der Waals surface area contributed by atoms with Crippen LogP contribution in [0.25, 0.3) is 0 Å². The predicted molar refractivity (Wildman–Crippen MR) is 79.2 cm³/mol. The van der Waals surface area contributed by atoms with Gasteiger partial charge < -0.3 is 11.1 Å². The van der Waals surface area contributed by atoms with E-state index in [4.69, 9.17) is 5.73 Å². The Labute approximate surface area is 118 Å². The lowest BCUT2D eigenvalue weighted by atomic mass is 10.1. The molecule has 1 aromatic carbocycles. The van der Waals surface area contributed by atoms with E-state index in [0.717, 1.165) is 5.56 Å². The number of carbonyl (C=O) groups excluding carboxylic acids is 1. The van der Waals surface area contributed by atoms with Crippen LogP contribution in [-0.4, -0.2) is 21.7 Å². The minimum atomic E-state index is -0.507. The summed E-state index contributed by atoms with van der Waals surface area (Å²) >= 11 is 0. The van der Waals surface area contributed by atoms with Gasteiger partial charge in [0, 0.05) is 6.20 Å². The van der Waals surface area contributed by atoms with Gasteiger partial charge in [0.25, 0.3) is 0 Å². The molecular formula is C15H20N4O. The van der Waals surface area contributed by atoms with Crippen LogP contribution in [0.1, 0.15) is 19.4 Å². The first-order chi connectivity index (χ1) is 9.56. The number of nitrogens with one attached hydrogen (secondary N) is 1. The minimum absolute atomic E-state index is 0.106. The summed E-state index contributed by atoms with van der Waals surface area (Å²) in [6, 6.07) is 9.52. The van der Waals surface area contributed by atoms with Gasteiger partial charge in [-0.2, -0.15) is 5.10 Å². The van der Waals surface area contributed by atoms with Gasteiger partial charge in [0.2, 0.25) is 5.91 Å². The number of hydrogen-bond donors (Lipinski definition) is 2. The number of hydrogen-bond acceptors (Lipinski definition) is 3. The first kappa shape index (κ1) is 14.3. The van der Waals surface area contributed by atoms with Crippen molar-refractivity contribution in [3.8, 4) is 0 Å². The third kappa shape index (κ3) is 3.68. The summed E-state index contributed by atoms with van der Waals surface area (Å²) in [7, 11) is 0. The lowest BCUT2D eigenvalue weighted by molar-refractivity contribution is -0.118. The van der Waals surface area contributed by atoms with Crippen molar-refractivity contribution >= 4 is 11.6 Å². The Kier molecular flexibility index (Phi) is 4.53. The SMILES string of the molecule is CC(C)[C@@H](N)C(=O)Nc1cnn(Cc2ccccc2)c1. The highest BCUT2D eigenvalue weighted by molar-refractivity contribution is 5.94. The van der Waals surface area contributed by atoms with Crippen molar-refractivity contribution in [2.45, 2.75) is 26.4 Å². The summed E-state index contributed by atoms with van der Waals surface area (Å²) in [5.41, 5.74) is 7.63. The number of nitrogens with zero attached hydrogens (tertiary/aromatic N) is 2. The molecule has 1 amide bonds. The molecule has 0 spiro atoms. The molecule has 1 atom stereocenters. The van der Waals surface area contributed by atoms with Gasteiger partial charge in [0.15, 0.2) is 0 Å². The molecule has 106 valence electrons. The summed E-state index contributed by atoms with van der Waals surface area (Å²) < 4.78 is 1.78. The van der Waals surface area contributed by atoms with E-state index >= 15 is 0 Å². The molecule has 0 bridgehead atoms. The van der Waals surface area contributed by atoms with Gasteiger partial charge in [-0.05, 0) is 11.5 Å². The van der Waals surface area contributed by atoms with Crippen molar-refractivity contribution in [2.24, 2.45) is 11.7 Å². The molecule has 2 aromatic rings. The maximum absolute atomic E-state index is 11.8. The number of amides is 1. The van der Waals surface area contributed by atoms with Crippen molar-refractivity contribution in [1.82, 2.24) is 9.78 Å². The number of rotatable bonds is 5. The second-order valence-corrected chi connectivity index (χ2v) is 5.17. The van der Waals surface area contributed by atoms with Crippen LogP contribution in [0, 0.1) is 5.92 Å². The van der Waals surface area contributed by atoms with Gasteiger partial charge in [-0.25, -0.2) is 0 Å². The average molecular weight is 272 g/mol. The number of carbonyl (C=O) groups is 1. The summed E-state index contributed by atoms with van der Waals surface area (Å²) in [6.07, 6.45) is 3.44. The number of aromatic nitrogens is 2. The average Bonchev–Trinajstić information content (AvgIpc) is 2.86. The molecule has 5 heteroatoms. The zero-order valence-electron chi connectivity index (χ0n) is 11.8. The monoisotopic (exact) mass is 272 g/mol. The van der Waals surface area contributed by atoms with Crippen LogP contribution in [-0.2, 0) is 11.3 Å². The molecule has 0 aliphatic carbocycles. The van der Waals surface area contributed by atoms with Gasteiger partial charge >= 0.3 is 0 Å². The molecule has 3 N–H and O–H groups in total. The van der Waals surface area contributed by atoms with E-state index in [-0.39, 0.29) is 11.8 Å². The quantitative estimate of drug-likeness (QED) is 0.872. The highest BCUT2D eigenvalue weighted by Gasteiger charge is 2.17. The van der Waals surface area contributed by atoms with Crippen LogP contribution < -0.4 is 11.1 Å². The fourth-order valence-corrected chi connectivity index (χ4v) is 1.81. The molecule has 0 aliphatic heterocycles. The Balaban J connectivity index is 1.97. The molecule has 1 heterocycles. The normalized spacial score (nSPS) is 12.4. The van der Waals surface area contributed by atoms with E-state index in [9.17, 15) is 4.79 Å². The molecule has 20 heavy (non-hydrogen) atoms. The van der Waals surface area contributed by atoms with Crippen LogP contribution in [0.5, 0.6) is 0 Å². The molecule has 0 saturated carbocycles. The minimum Gasteiger partial charge on any atom is -0.322 e. The molecular weight excluding hydrogens is 252 g/mol. The smallest absolute Gasteiger partial charge is 0.241 e. The first-order valence-electron chi connectivity index (χ1n) is 6.69. The van der Waals surface area contributed by atoms with Gasteiger partial charge in [-0.1, -0.05) is 44.2 Å². The summed E-state index contributed by atoms with van der Waals surface area (Å²) in [4.78, 5) is 11.8. The maximum atomic E-state index is 11.8. The Morgan fingerprint density at radius 2 is 2.05 bits per heavy atom. The molecule has 5 nitrogen and oxygen atoms in total. The van der Waals surface area contributed by atoms with Crippen molar-refractivity contribution in [3.63, 3.8) is 0 Å². The third-order valence-electron chi connectivity index (χ3n) is 3.11. The zero-order chi connectivity index (χ0) is 14.5. The maximum Gasteiger partial charge on any atom is 0.241 e. The van der Waals surface area contributed by atoms with Gasteiger partial charge in [-0.15, -0.1) is 0 Å². The van der Waals surface area contributed by atoms with Gasteiger partial charge in [-0.3, -0.25) is 9.48 Å². The van der Waals surface area contributed by atoms with Crippen molar-refractivity contribution in [1.29, 1.82) is 0 Å². The molecule has 1 aromatic heterocycles. The number of nitrogens with two attached hydrogens (primary N) is 1. The second-order valence-electron chi connectivity index (χ2n) is 5.17. The second kappa shape index (κ2) is 6.34. The Morgan fingerprint density at radius 3 is 2.70 bits per heavy atom. The summed E-state index contributed by atoms with van der Waals surface area (Å²) in [5.74, 6) is -0.0753. The first-order valence-corrected chi connectivity index (χ1v) is 6.69. The third-order valence-corrected chi connectivity index (χ3v) is 3.11. The van der Waals surface area contributed by atoms with Crippen molar-refractivity contribution < 1.29 is 4.79 Å². The van der Waals surface area contributed by atoms with Crippen LogP contribution in [0.15, 0.2) is 42.7 Å². The molecule has 0 aliphatic rings. The molecule has 0 radical (unpaired) electrons. The Bertz CT molecular complexity index is 562. The number of anilines is 1. The topological polar surface area (TPSA) is 72.9 Å². The van der Waals surface area contributed by atoms with Crippen LogP contribution in [0.3, 0.4) is 0 Å². The zero-order valence-corrected chi connectivity index (χ0v) is 11.8. The van der Waals surface area contributed by atoms with Gasteiger partial charge in [0.1, 0.15) is 0 Å². The molecule has 2 rings (SSSR count). The lowest BCUT2D eigenvalue weighted by Crippen LogP contribution is -2.39. The molecule has 0 fully saturated rings. The van der Waals surface area contributed by atoms with Crippen LogP contribution >= 0.6 is 0 Å². The fourth-order valence-electron chi connectivity index (χ4n) is 1.81. The van der Waals surface area contributed by atoms with E-state index in [0.29, 0.717) is 12.2 Å². The lowest BCUT2D eigenvalue weighted by Gasteiger charge is -2.14. The predicted octanol–water partition coefficient (Wildman–Crippen LogP) is 1.85. The van der Waals surface area contributed by atoms with E-state index < -0.39 is 6.04 Å². The van der Waals surface area contributed by atoms with Crippen LogP contribution in [0.4, 0.5) is 5.69 Å². The summed E-state index contributed by atoms with van der Waals surface area (Å²) in [6.45, 7) is 4.51. The van der Waals surface area contributed by atoms with Crippen LogP contribution in [0.2, 0.25) is 0 Å². The molecule has 0 unspecified atom stereocenters. The Morgan fingerprint density at radius 1 is 1.35 bits per heavy atom. The van der Waals surface area contributed by atoms with Crippen molar-refractivity contribution in [3.05, 3.63) is 48.3 Å². The summed E-state index contributed by atoms with van der Waals surface area (Å²) in [5, 5.41) is 7.01. The van der Waals surface area contributed by atoms with E-state index in [1.807, 2.05) is 44.2 Å². The van der Waals surface area contributed by atoms with E-state index in [1.54, 1.807) is 17.1 Å². The molecule has 0 saturated heterocycles. The van der Waals surface area contributed by atoms with Crippen molar-refractivity contribution in [2.75, 3.05) is 5.32 Å². The highest BCUT2D eigenvalue weighted by Crippen LogP contribution is 2.09. The van der Waals surface area contributed by atoms with E-state index in [2.05, 4.69) is 10.4 Å².